The SMILES string of the molecule is Cn1nc(-c2ccccc2)c2c1CCN(CC1CCOC1)CC2. The summed E-state index contributed by atoms with van der Waals surface area (Å²) in [6.45, 7) is 5.34. The molecule has 23 heavy (non-hydrogen) atoms. The molecule has 122 valence electrons. The molecule has 4 rings (SSSR count). The molecular formula is C19H25N3O. The number of nitrogens with zero attached hydrogens (tertiary/aromatic N) is 3. The summed E-state index contributed by atoms with van der Waals surface area (Å²) in [4.78, 5) is 2.62. The summed E-state index contributed by atoms with van der Waals surface area (Å²) < 4.78 is 7.63. The molecule has 0 bridgehead atoms. The van der Waals surface area contributed by atoms with Crippen LogP contribution in [0.15, 0.2) is 30.3 Å². The van der Waals surface area contributed by atoms with E-state index in [1.807, 2.05) is 0 Å². The Kier molecular flexibility index (Phi) is 4.19. The van der Waals surface area contributed by atoms with Crippen LogP contribution in [-0.4, -0.2) is 47.5 Å². The van der Waals surface area contributed by atoms with Crippen molar-refractivity contribution in [1.82, 2.24) is 14.7 Å². The maximum atomic E-state index is 5.53. The summed E-state index contributed by atoms with van der Waals surface area (Å²) in [6, 6.07) is 10.6. The zero-order valence-electron chi connectivity index (χ0n) is 13.9. The van der Waals surface area contributed by atoms with E-state index in [0.717, 1.165) is 45.1 Å². The van der Waals surface area contributed by atoms with Crippen LogP contribution in [0.25, 0.3) is 11.3 Å². The van der Waals surface area contributed by atoms with Crippen molar-refractivity contribution in [2.45, 2.75) is 19.3 Å². The lowest BCUT2D eigenvalue weighted by Gasteiger charge is -2.22. The van der Waals surface area contributed by atoms with Gasteiger partial charge in [-0.15, -0.1) is 0 Å². The Bertz CT molecular complexity index is 659. The number of benzene rings is 1. The summed E-state index contributed by atoms with van der Waals surface area (Å²) in [5.74, 6) is 0.725. The second-order valence-corrected chi connectivity index (χ2v) is 6.79. The van der Waals surface area contributed by atoms with Crippen LogP contribution in [0.4, 0.5) is 0 Å². The van der Waals surface area contributed by atoms with Crippen LogP contribution >= 0.6 is 0 Å². The fraction of sp³-hybridized carbons (Fsp3) is 0.526. The normalized spacial score (nSPS) is 22.0. The van der Waals surface area contributed by atoms with E-state index in [1.165, 1.54) is 35.5 Å². The summed E-state index contributed by atoms with van der Waals surface area (Å²) >= 11 is 0. The van der Waals surface area contributed by atoms with Crippen LogP contribution in [0.5, 0.6) is 0 Å². The van der Waals surface area contributed by atoms with Crippen molar-refractivity contribution in [2.75, 3.05) is 32.8 Å². The van der Waals surface area contributed by atoms with E-state index in [0.29, 0.717) is 0 Å². The first kappa shape index (κ1) is 14.9. The van der Waals surface area contributed by atoms with Crippen molar-refractivity contribution in [3.8, 4) is 11.3 Å². The van der Waals surface area contributed by atoms with E-state index in [1.54, 1.807) is 0 Å². The van der Waals surface area contributed by atoms with Crippen LogP contribution in [0.3, 0.4) is 0 Å². The van der Waals surface area contributed by atoms with E-state index in [9.17, 15) is 0 Å². The third-order valence-electron chi connectivity index (χ3n) is 5.21. The van der Waals surface area contributed by atoms with Gasteiger partial charge in [-0.25, -0.2) is 0 Å². The fourth-order valence-corrected chi connectivity index (χ4v) is 3.93. The number of hydrogen-bond donors (Lipinski definition) is 0. The maximum Gasteiger partial charge on any atom is 0.0958 e. The minimum atomic E-state index is 0.725. The quantitative estimate of drug-likeness (QED) is 0.872. The van der Waals surface area contributed by atoms with Gasteiger partial charge in [0.15, 0.2) is 0 Å². The first-order chi connectivity index (χ1) is 11.3. The molecule has 4 heteroatoms. The first-order valence-corrected chi connectivity index (χ1v) is 8.71. The highest BCUT2D eigenvalue weighted by Crippen LogP contribution is 2.28. The van der Waals surface area contributed by atoms with Gasteiger partial charge in [0, 0.05) is 56.5 Å². The van der Waals surface area contributed by atoms with Gasteiger partial charge in [0.05, 0.1) is 12.3 Å². The van der Waals surface area contributed by atoms with Gasteiger partial charge in [0.2, 0.25) is 0 Å². The van der Waals surface area contributed by atoms with Crippen molar-refractivity contribution in [3.05, 3.63) is 41.6 Å². The molecule has 0 aliphatic carbocycles. The molecule has 1 fully saturated rings. The number of aromatic nitrogens is 2. The maximum absolute atomic E-state index is 5.53. The van der Waals surface area contributed by atoms with Crippen LogP contribution in [0, 0.1) is 5.92 Å². The zero-order chi connectivity index (χ0) is 15.6. The Morgan fingerprint density at radius 3 is 2.78 bits per heavy atom. The second kappa shape index (κ2) is 6.46. The summed E-state index contributed by atoms with van der Waals surface area (Å²) in [5.41, 5.74) is 5.27. The van der Waals surface area contributed by atoms with E-state index in [4.69, 9.17) is 9.84 Å². The average Bonchev–Trinajstić information content (AvgIpc) is 3.13. The molecule has 0 N–H and O–H groups in total. The molecule has 3 heterocycles. The number of rotatable bonds is 3. The number of hydrogen-bond acceptors (Lipinski definition) is 3. The van der Waals surface area contributed by atoms with Crippen molar-refractivity contribution in [1.29, 1.82) is 0 Å². The van der Waals surface area contributed by atoms with Gasteiger partial charge in [-0.3, -0.25) is 4.68 Å². The Balaban J connectivity index is 1.54. The highest BCUT2D eigenvalue weighted by molar-refractivity contribution is 5.64. The van der Waals surface area contributed by atoms with Crippen molar-refractivity contribution in [2.24, 2.45) is 13.0 Å². The third-order valence-corrected chi connectivity index (χ3v) is 5.21. The molecule has 2 aromatic rings. The fourth-order valence-electron chi connectivity index (χ4n) is 3.93. The van der Waals surface area contributed by atoms with Gasteiger partial charge < -0.3 is 9.64 Å². The van der Waals surface area contributed by atoms with Crippen molar-refractivity contribution >= 4 is 0 Å². The van der Waals surface area contributed by atoms with Crippen molar-refractivity contribution < 1.29 is 4.74 Å². The Labute approximate surface area is 138 Å². The minimum Gasteiger partial charge on any atom is -0.381 e. The molecule has 1 aromatic heterocycles. The van der Waals surface area contributed by atoms with Crippen LogP contribution in [0.1, 0.15) is 17.7 Å². The summed E-state index contributed by atoms with van der Waals surface area (Å²) in [6.07, 6.45) is 3.42. The number of ether oxygens (including phenoxy) is 1. The molecule has 1 aromatic carbocycles. The van der Waals surface area contributed by atoms with Gasteiger partial charge in [-0.05, 0) is 18.8 Å². The predicted molar refractivity (Wildman–Crippen MR) is 91.4 cm³/mol. The monoisotopic (exact) mass is 311 g/mol. The molecule has 1 unspecified atom stereocenters. The Morgan fingerprint density at radius 1 is 1.17 bits per heavy atom. The highest BCUT2D eigenvalue weighted by Gasteiger charge is 2.24. The zero-order valence-corrected chi connectivity index (χ0v) is 13.9. The highest BCUT2D eigenvalue weighted by atomic mass is 16.5. The molecule has 0 radical (unpaired) electrons. The second-order valence-electron chi connectivity index (χ2n) is 6.79. The topological polar surface area (TPSA) is 30.3 Å². The first-order valence-electron chi connectivity index (χ1n) is 8.71. The van der Waals surface area contributed by atoms with Gasteiger partial charge in [0.25, 0.3) is 0 Å². The molecule has 0 amide bonds. The summed E-state index contributed by atoms with van der Waals surface area (Å²) in [7, 11) is 2.09. The van der Waals surface area contributed by atoms with E-state index >= 15 is 0 Å². The van der Waals surface area contributed by atoms with E-state index in [-0.39, 0.29) is 0 Å². The molecule has 1 saturated heterocycles. The van der Waals surface area contributed by atoms with E-state index in [2.05, 4.69) is 47.0 Å². The van der Waals surface area contributed by atoms with Crippen molar-refractivity contribution in [3.63, 3.8) is 0 Å². The lowest BCUT2D eigenvalue weighted by Crippen LogP contribution is -2.32. The van der Waals surface area contributed by atoms with Gasteiger partial charge in [-0.2, -0.15) is 5.10 Å². The molecule has 4 nitrogen and oxygen atoms in total. The van der Waals surface area contributed by atoms with Crippen LogP contribution in [0.2, 0.25) is 0 Å². The number of aryl methyl sites for hydroxylation is 1. The van der Waals surface area contributed by atoms with Gasteiger partial charge >= 0.3 is 0 Å². The average molecular weight is 311 g/mol. The molecule has 2 aliphatic heterocycles. The van der Waals surface area contributed by atoms with Crippen LogP contribution in [-0.2, 0) is 24.6 Å². The minimum absolute atomic E-state index is 0.725. The largest absolute Gasteiger partial charge is 0.381 e. The standard InChI is InChI=1S/C19H25N3O/c1-21-18-8-11-22(13-15-9-12-23-14-15)10-7-17(18)19(20-21)16-5-3-2-4-6-16/h2-6,15H,7-14H2,1H3. The lowest BCUT2D eigenvalue weighted by atomic mass is 10.0. The Morgan fingerprint density at radius 2 is 2.00 bits per heavy atom. The Hall–Kier alpha value is -1.65. The predicted octanol–water partition coefficient (Wildman–Crippen LogP) is 2.52. The smallest absolute Gasteiger partial charge is 0.0958 e. The molecule has 0 saturated carbocycles. The van der Waals surface area contributed by atoms with Crippen LogP contribution < -0.4 is 0 Å². The van der Waals surface area contributed by atoms with Gasteiger partial charge in [0.1, 0.15) is 0 Å². The molecule has 2 aliphatic rings. The van der Waals surface area contributed by atoms with Gasteiger partial charge in [-0.1, -0.05) is 30.3 Å². The molecule has 1 atom stereocenters. The van der Waals surface area contributed by atoms with E-state index < -0.39 is 0 Å². The molecular weight excluding hydrogens is 286 g/mol. The number of fused-ring (bicyclic) bond motifs is 1. The molecule has 0 spiro atoms. The third kappa shape index (κ3) is 3.06. The lowest BCUT2D eigenvalue weighted by molar-refractivity contribution is 0.168. The summed E-state index contributed by atoms with van der Waals surface area (Å²) in [5, 5.41) is 4.81.